The average molecular weight is 386 g/mol. The lowest BCUT2D eigenvalue weighted by atomic mass is 10.1. The Balaban J connectivity index is 1.76. The van der Waals surface area contributed by atoms with Crippen molar-refractivity contribution in [3.8, 4) is 0 Å². The molecule has 7 nitrogen and oxygen atoms in total. The summed E-state index contributed by atoms with van der Waals surface area (Å²) in [6, 6.07) is 9.05. The normalized spacial score (nSPS) is 14.6. The van der Waals surface area contributed by atoms with Gasteiger partial charge in [0.2, 0.25) is 5.78 Å². The number of nitro benzene ring substituents is 1. The molecule has 28 heavy (non-hydrogen) atoms. The maximum atomic E-state index is 13.0. The molecule has 0 amide bonds. The van der Waals surface area contributed by atoms with Crippen LogP contribution < -0.4 is 4.90 Å². The number of halogens is 1. The first-order valence-electron chi connectivity index (χ1n) is 8.91. The van der Waals surface area contributed by atoms with Crippen molar-refractivity contribution in [1.29, 1.82) is 0 Å². The highest BCUT2D eigenvalue weighted by molar-refractivity contribution is 6.01. The van der Waals surface area contributed by atoms with Gasteiger partial charge in [-0.25, -0.2) is 9.18 Å². The second-order valence-corrected chi connectivity index (χ2v) is 6.57. The minimum absolute atomic E-state index is 0.00611. The second kappa shape index (κ2) is 8.16. The fraction of sp³-hybridized carbons (Fsp3) is 0.300. The van der Waals surface area contributed by atoms with Crippen LogP contribution in [0.25, 0.3) is 0 Å². The van der Waals surface area contributed by atoms with E-state index in [-0.39, 0.29) is 16.8 Å². The highest BCUT2D eigenvalue weighted by atomic mass is 19.1. The van der Waals surface area contributed by atoms with E-state index in [0.29, 0.717) is 5.69 Å². The predicted molar refractivity (Wildman–Crippen MR) is 100 cm³/mol. The number of carbonyl (C=O) groups is 2. The van der Waals surface area contributed by atoms with E-state index in [1.165, 1.54) is 37.3 Å². The van der Waals surface area contributed by atoms with Gasteiger partial charge in [0.05, 0.1) is 10.5 Å². The van der Waals surface area contributed by atoms with Crippen LogP contribution in [-0.2, 0) is 4.74 Å². The van der Waals surface area contributed by atoms with Crippen molar-refractivity contribution in [2.75, 3.05) is 18.0 Å². The summed E-state index contributed by atoms with van der Waals surface area (Å²) in [4.78, 5) is 37.5. The molecule has 0 unspecified atom stereocenters. The number of carbonyl (C=O) groups excluding carboxylic acids is 2. The molecule has 1 fully saturated rings. The number of nitro groups is 1. The van der Waals surface area contributed by atoms with Crippen LogP contribution in [0.15, 0.2) is 42.5 Å². The zero-order chi connectivity index (χ0) is 20.3. The first-order chi connectivity index (χ1) is 13.4. The Kier molecular flexibility index (Phi) is 5.67. The van der Waals surface area contributed by atoms with E-state index in [4.69, 9.17) is 4.74 Å². The first kappa shape index (κ1) is 19.5. The number of nitrogens with zero attached hydrogens (tertiary/aromatic N) is 2. The van der Waals surface area contributed by atoms with Crippen LogP contribution in [-0.4, -0.2) is 35.9 Å². The molecule has 0 saturated carbocycles. The van der Waals surface area contributed by atoms with Crippen molar-refractivity contribution in [2.24, 2.45) is 0 Å². The summed E-state index contributed by atoms with van der Waals surface area (Å²) in [7, 11) is 0. The molecule has 8 heteroatoms. The number of ether oxygens (including phenoxy) is 1. The third-order valence-electron chi connectivity index (χ3n) is 4.64. The molecule has 0 radical (unpaired) electrons. The highest BCUT2D eigenvalue weighted by Crippen LogP contribution is 2.32. The van der Waals surface area contributed by atoms with E-state index < -0.39 is 28.6 Å². The Morgan fingerprint density at radius 2 is 1.71 bits per heavy atom. The van der Waals surface area contributed by atoms with Crippen molar-refractivity contribution in [1.82, 2.24) is 0 Å². The fourth-order valence-electron chi connectivity index (χ4n) is 3.15. The number of ketones is 1. The largest absolute Gasteiger partial charge is 0.451 e. The SMILES string of the molecule is C[C@H](OC(=O)c1ccc(N2CCCC2)c([N+](=O)[O-])c1)C(=O)c1ccc(F)cc1. The van der Waals surface area contributed by atoms with Gasteiger partial charge in [-0.1, -0.05) is 0 Å². The molecule has 3 rings (SSSR count). The molecule has 0 spiro atoms. The third kappa shape index (κ3) is 4.16. The van der Waals surface area contributed by atoms with Crippen molar-refractivity contribution in [2.45, 2.75) is 25.9 Å². The number of benzene rings is 2. The highest BCUT2D eigenvalue weighted by Gasteiger charge is 2.26. The molecule has 2 aromatic rings. The van der Waals surface area contributed by atoms with Gasteiger partial charge in [-0.15, -0.1) is 0 Å². The quantitative estimate of drug-likeness (QED) is 0.325. The molecule has 1 atom stereocenters. The zero-order valence-corrected chi connectivity index (χ0v) is 15.3. The average Bonchev–Trinajstić information content (AvgIpc) is 3.22. The molecule has 2 aromatic carbocycles. The number of Topliss-reactive ketones (excluding diaryl/α,β-unsaturated/α-hetero) is 1. The van der Waals surface area contributed by atoms with Gasteiger partial charge in [0, 0.05) is 24.7 Å². The van der Waals surface area contributed by atoms with E-state index >= 15 is 0 Å². The molecule has 1 saturated heterocycles. The van der Waals surface area contributed by atoms with Crippen LogP contribution in [0.3, 0.4) is 0 Å². The monoisotopic (exact) mass is 386 g/mol. The van der Waals surface area contributed by atoms with E-state index in [9.17, 15) is 24.1 Å². The lowest BCUT2D eigenvalue weighted by Gasteiger charge is -2.18. The minimum Gasteiger partial charge on any atom is -0.451 e. The third-order valence-corrected chi connectivity index (χ3v) is 4.64. The van der Waals surface area contributed by atoms with Gasteiger partial charge in [-0.05, 0) is 56.2 Å². The van der Waals surface area contributed by atoms with Gasteiger partial charge < -0.3 is 9.64 Å². The standard InChI is InChI=1S/C20H19FN2O5/c1-13(19(24)14-4-7-16(21)8-5-14)28-20(25)15-6-9-17(18(12-15)23(26)27)22-10-2-3-11-22/h4-9,12-13H,2-3,10-11H2,1H3/t13-/m0/s1. The molecule has 0 aliphatic carbocycles. The fourth-order valence-corrected chi connectivity index (χ4v) is 3.15. The smallest absolute Gasteiger partial charge is 0.339 e. The summed E-state index contributed by atoms with van der Waals surface area (Å²) < 4.78 is 18.1. The Hall–Kier alpha value is -3.29. The molecule has 1 heterocycles. The molecular weight excluding hydrogens is 367 g/mol. The minimum atomic E-state index is -1.12. The van der Waals surface area contributed by atoms with Crippen LogP contribution in [0.1, 0.15) is 40.5 Å². The lowest BCUT2D eigenvalue weighted by molar-refractivity contribution is -0.384. The van der Waals surface area contributed by atoms with Gasteiger partial charge in [-0.2, -0.15) is 0 Å². The van der Waals surface area contributed by atoms with E-state index in [1.807, 2.05) is 4.90 Å². The van der Waals surface area contributed by atoms with Crippen LogP contribution >= 0.6 is 0 Å². The van der Waals surface area contributed by atoms with E-state index in [0.717, 1.165) is 38.1 Å². The Morgan fingerprint density at radius 3 is 2.32 bits per heavy atom. The molecular formula is C20H19FN2O5. The first-order valence-corrected chi connectivity index (χ1v) is 8.91. The molecule has 146 valence electrons. The number of esters is 1. The van der Waals surface area contributed by atoms with Crippen molar-refractivity contribution in [3.63, 3.8) is 0 Å². The van der Waals surface area contributed by atoms with Crippen LogP contribution in [0.5, 0.6) is 0 Å². The van der Waals surface area contributed by atoms with Crippen LogP contribution in [0.4, 0.5) is 15.8 Å². The zero-order valence-electron chi connectivity index (χ0n) is 15.3. The second-order valence-electron chi connectivity index (χ2n) is 6.57. The van der Waals surface area contributed by atoms with E-state index in [2.05, 4.69) is 0 Å². The molecule has 0 aromatic heterocycles. The number of hydrogen-bond donors (Lipinski definition) is 0. The molecule has 0 bridgehead atoms. The Bertz CT molecular complexity index is 907. The Morgan fingerprint density at radius 1 is 1.11 bits per heavy atom. The van der Waals surface area contributed by atoms with Crippen LogP contribution in [0.2, 0.25) is 0 Å². The summed E-state index contributed by atoms with van der Waals surface area (Å²) in [6.07, 6.45) is 0.809. The van der Waals surface area contributed by atoms with Crippen molar-refractivity contribution >= 4 is 23.1 Å². The maximum Gasteiger partial charge on any atom is 0.339 e. The number of anilines is 1. The maximum absolute atomic E-state index is 13.0. The summed E-state index contributed by atoms with van der Waals surface area (Å²) in [5.74, 6) is -1.80. The number of rotatable bonds is 6. The van der Waals surface area contributed by atoms with E-state index in [1.54, 1.807) is 0 Å². The summed E-state index contributed by atoms with van der Waals surface area (Å²) >= 11 is 0. The topological polar surface area (TPSA) is 89.8 Å². The van der Waals surface area contributed by atoms with Gasteiger partial charge in [0.1, 0.15) is 11.5 Å². The van der Waals surface area contributed by atoms with Crippen molar-refractivity contribution in [3.05, 3.63) is 69.5 Å². The molecule has 1 aliphatic rings. The summed E-state index contributed by atoms with van der Waals surface area (Å²) in [6.45, 7) is 2.86. The molecule has 0 N–H and O–H groups in total. The number of hydrogen-bond acceptors (Lipinski definition) is 6. The van der Waals surface area contributed by atoms with Gasteiger partial charge in [-0.3, -0.25) is 14.9 Å². The molecule has 1 aliphatic heterocycles. The van der Waals surface area contributed by atoms with Crippen LogP contribution in [0, 0.1) is 15.9 Å². The van der Waals surface area contributed by atoms with Crippen molar-refractivity contribution < 1.29 is 23.6 Å². The van der Waals surface area contributed by atoms with Gasteiger partial charge in [0.25, 0.3) is 5.69 Å². The predicted octanol–water partition coefficient (Wildman–Crippen LogP) is 3.76. The summed E-state index contributed by atoms with van der Waals surface area (Å²) in [5.41, 5.74) is 0.494. The van der Waals surface area contributed by atoms with Gasteiger partial charge in [0.15, 0.2) is 6.10 Å². The van der Waals surface area contributed by atoms with Gasteiger partial charge >= 0.3 is 5.97 Å². The summed E-state index contributed by atoms with van der Waals surface area (Å²) in [5, 5.41) is 11.4. The lowest BCUT2D eigenvalue weighted by Crippen LogP contribution is -2.24. The Labute approximate surface area is 160 Å².